The number of para-hydroxylation sites is 1. The highest BCUT2D eigenvalue weighted by Crippen LogP contribution is 2.33. The van der Waals surface area contributed by atoms with Gasteiger partial charge in [0.15, 0.2) is 0 Å². The third-order valence-electron chi connectivity index (χ3n) is 5.24. The summed E-state index contributed by atoms with van der Waals surface area (Å²) in [6.07, 6.45) is 1.32. The number of benzene rings is 1. The Morgan fingerprint density at radius 2 is 1.92 bits per heavy atom. The number of fused-ring (bicyclic) bond motifs is 1. The van der Waals surface area contributed by atoms with Crippen molar-refractivity contribution in [1.82, 2.24) is 9.80 Å². The minimum atomic E-state index is -0.349. The second-order valence-corrected chi connectivity index (χ2v) is 7.92. The van der Waals surface area contributed by atoms with Crippen LogP contribution in [0.1, 0.15) is 22.8 Å². The van der Waals surface area contributed by atoms with Crippen LogP contribution in [0.25, 0.3) is 0 Å². The van der Waals surface area contributed by atoms with E-state index in [1.807, 2.05) is 29.2 Å². The fourth-order valence-corrected chi connectivity index (χ4v) is 4.47. The fraction of sp³-hybridized carbons (Fsp3) is 0.400. The average Bonchev–Trinajstić information content (AvgIpc) is 3.19. The van der Waals surface area contributed by atoms with Crippen molar-refractivity contribution in [3.8, 4) is 0 Å². The van der Waals surface area contributed by atoms with Gasteiger partial charge >= 0.3 is 0 Å². The van der Waals surface area contributed by atoms with Crippen molar-refractivity contribution in [2.75, 3.05) is 38.0 Å². The van der Waals surface area contributed by atoms with Gasteiger partial charge < -0.3 is 10.2 Å². The monoisotopic (exact) mass is 369 g/mol. The Bertz CT molecular complexity index is 782. The predicted octanol–water partition coefficient (Wildman–Crippen LogP) is 2.56. The summed E-state index contributed by atoms with van der Waals surface area (Å²) in [4.78, 5) is 30.8. The van der Waals surface area contributed by atoms with Crippen LogP contribution in [-0.4, -0.2) is 54.3 Å². The molecule has 0 bridgehead atoms. The van der Waals surface area contributed by atoms with Crippen LogP contribution in [0.4, 0.5) is 5.69 Å². The zero-order chi connectivity index (χ0) is 17.9. The molecule has 3 heterocycles. The number of piperazine rings is 1. The van der Waals surface area contributed by atoms with Crippen LogP contribution in [0, 0.1) is 0 Å². The first kappa shape index (κ1) is 17.2. The summed E-state index contributed by atoms with van der Waals surface area (Å²) in [6, 6.07) is 11.9. The molecule has 2 amide bonds. The number of carbonyl (C=O) groups is 2. The first-order valence-corrected chi connectivity index (χ1v) is 10.0. The number of amides is 2. The van der Waals surface area contributed by atoms with Crippen LogP contribution in [0.2, 0.25) is 0 Å². The Hall–Kier alpha value is -2.18. The van der Waals surface area contributed by atoms with Crippen LogP contribution >= 0.6 is 11.3 Å². The van der Waals surface area contributed by atoms with Gasteiger partial charge in [0.25, 0.3) is 0 Å². The molecule has 0 spiro atoms. The Balaban J connectivity index is 1.36. The fourth-order valence-electron chi connectivity index (χ4n) is 3.77. The maximum Gasteiger partial charge on any atom is 0.230 e. The molecule has 1 saturated heterocycles. The number of hydrogen-bond donors (Lipinski definition) is 1. The molecule has 0 radical (unpaired) electrons. The second kappa shape index (κ2) is 7.60. The number of carbonyl (C=O) groups excluding carboxylic acids is 2. The summed E-state index contributed by atoms with van der Waals surface area (Å²) in [5.74, 6) is -0.334. The van der Waals surface area contributed by atoms with Gasteiger partial charge in [-0.25, -0.2) is 0 Å². The molecule has 1 unspecified atom stereocenters. The lowest BCUT2D eigenvalue weighted by atomic mass is 9.89. The number of nitrogens with zero attached hydrogens (tertiary/aromatic N) is 2. The van der Waals surface area contributed by atoms with Crippen molar-refractivity contribution in [2.24, 2.45) is 0 Å². The summed E-state index contributed by atoms with van der Waals surface area (Å²) in [7, 11) is 0. The Morgan fingerprint density at radius 3 is 2.69 bits per heavy atom. The zero-order valence-electron chi connectivity index (χ0n) is 14.7. The van der Waals surface area contributed by atoms with E-state index >= 15 is 0 Å². The van der Waals surface area contributed by atoms with Gasteiger partial charge in [0.05, 0.1) is 5.92 Å². The van der Waals surface area contributed by atoms with E-state index in [1.54, 1.807) is 11.3 Å². The highest BCUT2D eigenvalue weighted by molar-refractivity contribution is 7.09. The maximum atomic E-state index is 13.0. The minimum absolute atomic E-state index is 0.0726. The minimum Gasteiger partial charge on any atom is -0.340 e. The molecule has 1 N–H and O–H groups in total. The lowest BCUT2D eigenvalue weighted by Crippen LogP contribution is -2.50. The van der Waals surface area contributed by atoms with E-state index in [0.717, 1.165) is 50.4 Å². The highest BCUT2D eigenvalue weighted by atomic mass is 32.1. The van der Waals surface area contributed by atoms with Crippen molar-refractivity contribution < 1.29 is 9.59 Å². The lowest BCUT2D eigenvalue weighted by Gasteiger charge is -2.37. The summed E-state index contributed by atoms with van der Waals surface area (Å²) in [5, 5.41) is 4.98. The quantitative estimate of drug-likeness (QED) is 0.901. The van der Waals surface area contributed by atoms with Gasteiger partial charge in [-0.1, -0.05) is 24.3 Å². The largest absolute Gasteiger partial charge is 0.340 e. The number of nitrogens with one attached hydrogen (secondary N) is 1. The van der Waals surface area contributed by atoms with Gasteiger partial charge in [-0.2, -0.15) is 0 Å². The molecule has 4 rings (SSSR count). The van der Waals surface area contributed by atoms with Gasteiger partial charge in [-0.3, -0.25) is 14.5 Å². The van der Waals surface area contributed by atoms with E-state index in [0.29, 0.717) is 0 Å². The summed E-state index contributed by atoms with van der Waals surface area (Å²) < 4.78 is 0. The summed E-state index contributed by atoms with van der Waals surface area (Å²) >= 11 is 1.80. The molecule has 0 aliphatic carbocycles. The molecule has 2 aromatic rings. The van der Waals surface area contributed by atoms with E-state index in [9.17, 15) is 9.59 Å². The molecule has 0 saturated carbocycles. The topological polar surface area (TPSA) is 52.7 Å². The number of thiophene rings is 1. The summed E-state index contributed by atoms with van der Waals surface area (Å²) in [6.45, 7) is 4.32. The maximum absolute atomic E-state index is 13.0. The molecule has 1 atom stereocenters. The number of rotatable bonds is 4. The van der Waals surface area contributed by atoms with E-state index in [1.165, 1.54) is 4.88 Å². The molecule has 26 heavy (non-hydrogen) atoms. The van der Waals surface area contributed by atoms with E-state index < -0.39 is 0 Å². The standard InChI is InChI=1S/C20H23N3O2S/c24-19-14-17(16-5-1-2-6-18(16)21-19)20(25)23-11-9-22(10-12-23)8-7-15-4-3-13-26-15/h1-6,13,17H,7-12,14H2,(H,21,24). The van der Waals surface area contributed by atoms with Crippen LogP contribution in [0.15, 0.2) is 41.8 Å². The van der Waals surface area contributed by atoms with Gasteiger partial charge in [-0.15, -0.1) is 11.3 Å². The number of hydrogen-bond acceptors (Lipinski definition) is 4. The SMILES string of the molecule is O=C1CC(C(=O)N2CCN(CCc3cccs3)CC2)c2ccccc2N1. The van der Waals surface area contributed by atoms with Gasteiger partial charge in [0.2, 0.25) is 11.8 Å². The van der Waals surface area contributed by atoms with Gasteiger partial charge in [-0.05, 0) is 29.5 Å². The molecular weight excluding hydrogens is 346 g/mol. The van der Waals surface area contributed by atoms with Crippen molar-refractivity contribution in [2.45, 2.75) is 18.8 Å². The van der Waals surface area contributed by atoms with Crippen molar-refractivity contribution in [1.29, 1.82) is 0 Å². The molecule has 2 aliphatic heterocycles. The first-order chi connectivity index (χ1) is 12.7. The van der Waals surface area contributed by atoms with Crippen molar-refractivity contribution >= 4 is 28.8 Å². The lowest BCUT2D eigenvalue weighted by molar-refractivity contribution is -0.136. The molecule has 1 aromatic heterocycles. The second-order valence-electron chi connectivity index (χ2n) is 6.89. The van der Waals surface area contributed by atoms with E-state index in [4.69, 9.17) is 0 Å². The highest BCUT2D eigenvalue weighted by Gasteiger charge is 2.34. The molecular formula is C20H23N3O2S. The van der Waals surface area contributed by atoms with Crippen LogP contribution in [0.5, 0.6) is 0 Å². The molecule has 136 valence electrons. The zero-order valence-corrected chi connectivity index (χ0v) is 15.5. The van der Waals surface area contributed by atoms with Crippen molar-refractivity contribution in [3.05, 3.63) is 52.2 Å². The number of anilines is 1. The Morgan fingerprint density at radius 1 is 1.12 bits per heavy atom. The first-order valence-electron chi connectivity index (χ1n) is 9.13. The average molecular weight is 369 g/mol. The Kier molecular flexibility index (Phi) is 5.04. The van der Waals surface area contributed by atoms with Crippen molar-refractivity contribution in [3.63, 3.8) is 0 Å². The van der Waals surface area contributed by atoms with Crippen LogP contribution in [0.3, 0.4) is 0 Å². The predicted molar refractivity (Wildman–Crippen MR) is 103 cm³/mol. The third-order valence-corrected chi connectivity index (χ3v) is 6.17. The third kappa shape index (κ3) is 3.66. The van der Waals surface area contributed by atoms with Crippen LogP contribution < -0.4 is 5.32 Å². The summed E-state index contributed by atoms with van der Waals surface area (Å²) in [5.41, 5.74) is 1.72. The van der Waals surface area contributed by atoms with Crippen LogP contribution in [-0.2, 0) is 16.0 Å². The molecule has 1 aromatic carbocycles. The van der Waals surface area contributed by atoms with E-state index in [2.05, 4.69) is 27.7 Å². The Labute approximate surface area is 157 Å². The van der Waals surface area contributed by atoms with E-state index in [-0.39, 0.29) is 24.2 Å². The smallest absolute Gasteiger partial charge is 0.230 e. The molecule has 6 heteroatoms. The van der Waals surface area contributed by atoms with Gasteiger partial charge in [0.1, 0.15) is 0 Å². The molecule has 1 fully saturated rings. The normalized spacial score (nSPS) is 20.5. The molecule has 2 aliphatic rings. The van der Waals surface area contributed by atoms with Gasteiger partial charge in [0, 0.05) is 49.7 Å². The molecule has 5 nitrogen and oxygen atoms in total.